The number of pyridine rings is 1. The van der Waals surface area contributed by atoms with E-state index in [0.29, 0.717) is 5.69 Å². The highest BCUT2D eigenvalue weighted by atomic mass is 32.2. The van der Waals surface area contributed by atoms with Crippen LogP contribution in [0.4, 0.5) is 0 Å². The molecular formula is C19H15N3O3S. The van der Waals surface area contributed by atoms with E-state index in [2.05, 4.69) is 15.1 Å². The van der Waals surface area contributed by atoms with Crippen molar-refractivity contribution >= 4 is 37.9 Å². The van der Waals surface area contributed by atoms with Gasteiger partial charge in [-0.2, -0.15) is 0 Å². The highest BCUT2D eigenvalue weighted by Gasteiger charge is 2.19. The van der Waals surface area contributed by atoms with Gasteiger partial charge in [0.25, 0.3) is 0 Å². The molecule has 130 valence electrons. The lowest BCUT2D eigenvalue weighted by Crippen LogP contribution is -2.01. The van der Waals surface area contributed by atoms with Crippen LogP contribution in [0.15, 0.2) is 69.7 Å². The van der Waals surface area contributed by atoms with E-state index in [1.54, 1.807) is 54.7 Å². The summed E-state index contributed by atoms with van der Waals surface area (Å²) in [7, 11) is -3.61. The zero-order valence-corrected chi connectivity index (χ0v) is 14.7. The molecule has 0 spiro atoms. The molecule has 26 heavy (non-hydrogen) atoms. The summed E-state index contributed by atoms with van der Waals surface area (Å²) >= 11 is 0. The van der Waals surface area contributed by atoms with Crippen LogP contribution in [-0.2, 0) is 9.84 Å². The lowest BCUT2D eigenvalue weighted by molar-refractivity contribution is 0.321. The van der Waals surface area contributed by atoms with Crippen molar-refractivity contribution in [2.75, 3.05) is 0 Å². The van der Waals surface area contributed by atoms with Crippen LogP contribution in [0.5, 0.6) is 0 Å². The highest BCUT2D eigenvalue weighted by Crippen LogP contribution is 2.30. The summed E-state index contributed by atoms with van der Waals surface area (Å²) in [5.74, 6) is 0. The number of nitrogens with one attached hydrogen (secondary N) is 1. The number of H-pyrrole nitrogens is 1. The van der Waals surface area contributed by atoms with Gasteiger partial charge < -0.3 is 10.2 Å². The summed E-state index contributed by atoms with van der Waals surface area (Å²) in [4.78, 5) is 7.86. The van der Waals surface area contributed by atoms with E-state index < -0.39 is 9.84 Å². The number of benzene rings is 2. The zero-order valence-electron chi connectivity index (χ0n) is 13.8. The number of hydrogen-bond donors (Lipinski definition) is 2. The Balaban J connectivity index is 1.92. The number of nitrogens with zero attached hydrogens (tertiary/aromatic N) is 2. The second-order valence-electron chi connectivity index (χ2n) is 6.05. The molecule has 6 nitrogen and oxygen atoms in total. The molecule has 2 N–H and O–H groups in total. The fraction of sp³-hybridized carbons (Fsp3) is 0.0526. The Morgan fingerprint density at radius 1 is 1.00 bits per heavy atom. The smallest absolute Gasteiger partial charge is 0.206 e. The van der Waals surface area contributed by atoms with Gasteiger partial charge in [0.15, 0.2) is 0 Å². The third kappa shape index (κ3) is 2.62. The van der Waals surface area contributed by atoms with Gasteiger partial charge in [-0.25, -0.2) is 8.42 Å². The Kier molecular flexibility index (Phi) is 3.73. The Morgan fingerprint density at radius 2 is 1.69 bits per heavy atom. The number of aromatic nitrogens is 2. The van der Waals surface area contributed by atoms with Crippen molar-refractivity contribution in [2.45, 2.75) is 16.7 Å². The van der Waals surface area contributed by atoms with Gasteiger partial charge in [0.2, 0.25) is 9.84 Å². The molecule has 0 aliphatic heterocycles. The molecule has 0 aliphatic carbocycles. The summed E-state index contributed by atoms with van der Waals surface area (Å²) in [5.41, 5.74) is 3.07. The fourth-order valence-electron chi connectivity index (χ4n) is 2.94. The molecule has 0 saturated heterocycles. The SMILES string of the molecule is Cc1ccc(S(=O)(=O)c2ccc3[nH]c4cnc(C=NO)cc4c3c2)cc1. The molecule has 0 bridgehead atoms. The van der Waals surface area contributed by atoms with Gasteiger partial charge in [-0.15, -0.1) is 0 Å². The third-order valence-electron chi connectivity index (χ3n) is 4.31. The minimum atomic E-state index is -3.61. The first-order chi connectivity index (χ1) is 12.5. The predicted octanol–water partition coefficient (Wildman–Crippen LogP) is 3.67. The van der Waals surface area contributed by atoms with E-state index >= 15 is 0 Å². The molecule has 0 atom stereocenters. The maximum atomic E-state index is 12.9. The summed E-state index contributed by atoms with van der Waals surface area (Å²) in [6.07, 6.45) is 2.85. The van der Waals surface area contributed by atoms with Crippen molar-refractivity contribution in [3.8, 4) is 0 Å². The Hall–Kier alpha value is -3.19. The molecule has 0 amide bonds. The molecule has 0 saturated carbocycles. The number of fused-ring (bicyclic) bond motifs is 3. The number of oxime groups is 1. The van der Waals surface area contributed by atoms with Gasteiger partial charge in [-0.05, 0) is 43.3 Å². The Morgan fingerprint density at radius 3 is 2.42 bits per heavy atom. The standard InChI is InChI=1S/C19H15N3O3S/c1-12-2-4-14(5-3-12)26(24,25)15-6-7-18-17(9-15)16-8-13(10-21-23)20-11-19(16)22-18/h2-11,22-23H,1H3. The van der Waals surface area contributed by atoms with Crippen molar-refractivity contribution in [1.29, 1.82) is 0 Å². The van der Waals surface area contributed by atoms with Gasteiger partial charge in [-0.1, -0.05) is 22.9 Å². The van der Waals surface area contributed by atoms with Crippen LogP contribution in [-0.4, -0.2) is 29.8 Å². The zero-order chi connectivity index (χ0) is 18.3. The summed E-state index contributed by atoms with van der Waals surface area (Å²) in [5, 5.41) is 13.3. The molecule has 0 aliphatic rings. The average molecular weight is 365 g/mol. The summed E-state index contributed by atoms with van der Waals surface area (Å²) in [6.45, 7) is 1.91. The molecule has 7 heteroatoms. The average Bonchev–Trinajstić information content (AvgIpc) is 2.99. The van der Waals surface area contributed by atoms with Crippen LogP contribution in [0.2, 0.25) is 0 Å². The Bertz CT molecular complexity index is 1260. The van der Waals surface area contributed by atoms with Gasteiger partial charge in [0.05, 0.1) is 33.4 Å². The van der Waals surface area contributed by atoms with Crippen LogP contribution in [0.1, 0.15) is 11.3 Å². The molecule has 4 rings (SSSR count). The molecular weight excluding hydrogens is 350 g/mol. The normalized spacial score (nSPS) is 12.3. The number of sulfone groups is 1. The number of aryl methyl sites for hydroxylation is 1. The van der Waals surface area contributed by atoms with E-state index in [1.165, 1.54) is 6.21 Å². The predicted molar refractivity (Wildman–Crippen MR) is 99.6 cm³/mol. The lowest BCUT2D eigenvalue weighted by atomic mass is 10.2. The first-order valence-electron chi connectivity index (χ1n) is 7.90. The number of hydrogen-bond acceptors (Lipinski definition) is 5. The van der Waals surface area contributed by atoms with Crippen molar-refractivity contribution in [2.24, 2.45) is 5.16 Å². The van der Waals surface area contributed by atoms with Crippen LogP contribution < -0.4 is 0 Å². The van der Waals surface area contributed by atoms with E-state index in [0.717, 1.165) is 27.4 Å². The van der Waals surface area contributed by atoms with Crippen LogP contribution in [0.3, 0.4) is 0 Å². The molecule has 2 aromatic heterocycles. The second kappa shape index (κ2) is 5.96. The number of rotatable bonds is 3. The summed E-state index contributed by atoms with van der Waals surface area (Å²) < 4.78 is 25.9. The van der Waals surface area contributed by atoms with Crippen molar-refractivity contribution in [3.05, 3.63) is 66.0 Å². The largest absolute Gasteiger partial charge is 0.411 e. The first-order valence-corrected chi connectivity index (χ1v) is 9.38. The highest BCUT2D eigenvalue weighted by molar-refractivity contribution is 7.91. The maximum absolute atomic E-state index is 12.9. The molecule has 4 aromatic rings. The van der Waals surface area contributed by atoms with Crippen LogP contribution in [0, 0.1) is 6.92 Å². The van der Waals surface area contributed by atoms with Crippen LogP contribution >= 0.6 is 0 Å². The first kappa shape index (κ1) is 16.3. The van der Waals surface area contributed by atoms with Crippen molar-refractivity contribution < 1.29 is 13.6 Å². The maximum Gasteiger partial charge on any atom is 0.206 e. The number of aromatic amines is 1. The molecule has 0 radical (unpaired) electrons. The van der Waals surface area contributed by atoms with Gasteiger partial charge in [-0.3, -0.25) is 4.98 Å². The topological polar surface area (TPSA) is 95.4 Å². The minimum Gasteiger partial charge on any atom is -0.411 e. The van der Waals surface area contributed by atoms with Gasteiger partial charge in [0, 0.05) is 16.3 Å². The van der Waals surface area contributed by atoms with Gasteiger partial charge >= 0.3 is 0 Å². The van der Waals surface area contributed by atoms with E-state index in [1.807, 2.05) is 6.92 Å². The molecule has 2 aromatic carbocycles. The fourth-order valence-corrected chi connectivity index (χ4v) is 4.23. The molecule has 0 unspecified atom stereocenters. The van der Waals surface area contributed by atoms with Crippen LogP contribution in [0.25, 0.3) is 21.8 Å². The summed E-state index contributed by atoms with van der Waals surface area (Å²) in [6, 6.07) is 13.5. The van der Waals surface area contributed by atoms with Gasteiger partial charge in [0.1, 0.15) is 0 Å². The van der Waals surface area contributed by atoms with Crippen molar-refractivity contribution in [1.82, 2.24) is 9.97 Å². The molecule has 0 fully saturated rings. The van der Waals surface area contributed by atoms with E-state index in [4.69, 9.17) is 5.21 Å². The Labute approximate surface area is 149 Å². The quantitative estimate of drug-likeness (QED) is 0.329. The van der Waals surface area contributed by atoms with Crippen molar-refractivity contribution in [3.63, 3.8) is 0 Å². The van der Waals surface area contributed by atoms with E-state index in [9.17, 15) is 8.42 Å². The lowest BCUT2D eigenvalue weighted by Gasteiger charge is -2.05. The monoisotopic (exact) mass is 365 g/mol. The van der Waals surface area contributed by atoms with E-state index in [-0.39, 0.29) is 9.79 Å². The second-order valence-corrected chi connectivity index (χ2v) is 8.00. The minimum absolute atomic E-state index is 0.226. The third-order valence-corrected chi connectivity index (χ3v) is 6.07. The molecule has 2 heterocycles.